The van der Waals surface area contributed by atoms with Crippen molar-refractivity contribution in [2.45, 2.75) is 12.6 Å². The third-order valence-corrected chi connectivity index (χ3v) is 3.17. The van der Waals surface area contributed by atoms with Gasteiger partial charge in [-0.05, 0) is 12.1 Å². The lowest BCUT2D eigenvalue weighted by Gasteiger charge is -2.04. The van der Waals surface area contributed by atoms with Crippen molar-refractivity contribution >= 4 is 22.4 Å². The summed E-state index contributed by atoms with van der Waals surface area (Å²) in [7, 11) is 0. The number of rotatable bonds is 5. The van der Waals surface area contributed by atoms with Gasteiger partial charge in [0, 0.05) is 6.42 Å². The van der Waals surface area contributed by atoms with E-state index in [0.717, 1.165) is 11.3 Å². The molecule has 9 heteroatoms. The second-order valence-corrected chi connectivity index (χ2v) is 4.93. The van der Waals surface area contributed by atoms with E-state index in [0.29, 0.717) is 23.8 Å². The number of hydrogen-bond donors (Lipinski definition) is 1. The molecule has 2 rings (SSSR count). The predicted molar refractivity (Wildman–Crippen MR) is 70.2 cm³/mol. The van der Waals surface area contributed by atoms with Crippen molar-refractivity contribution in [3.8, 4) is 5.75 Å². The Labute approximate surface area is 121 Å². The second-order valence-electron chi connectivity index (χ2n) is 3.86. The first kappa shape index (κ1) is 15.2. The van der Waals surface area contributed by atoms with Crippen LogP contribution < -0.4 is 10.1 Å². The Morgan fingerprint density at radius 1 is 1.24 bits per heavy atom. The molecule has 0 saturated carbocycles. The van der Waals surface area contributed by atoms with Crippen molar-refractivity contribution in [3.63, 3.8) is 0 Å². The standard InChI is InChI=1S/C12H10F3N3O2S/c13-12(14,15)10(19)16-11-18-17-9(21-11)6-7-20-8-4-2-1-3-5-8/h1-5H,6-7H2,(H,16,18,19). The van der Waals surface area contributed by atoms with E-state index < -0.39 is 12.1 Å². The number of anilines is 1. The summed E-state index contributed by atoms with van der Waals surface area (Å²) in [6.07, 6.45) is -4.56. The molecule has 0 saturated heterocycles. The van der Waals surface area contributed by atoms with Gasteiger partial charge in [0.1, 0.15) is 10.8 Å². The van der Waals surface area contributed by atoms with Gasteiger partial charge in [0.15, 0.2) is 0 Å². The number of carbonyl (C=O) groups excluding carboxylic acids is 1. The molecule has 2 aromatic rings. The average Bonchev–Trinajstić information content (AvgIpc) is 2.86. The first-order valence-corrected chi connectivity index (χ1v) is 6.65. The topological polar surface area (TPSA) is 64.1 Å². The molecule has 1 aromatic carbocycles. The predicted octanol–water partition coefficient (Wildman–Crippen LogP) is 2.66. The summed E-state index contributed by atoms with van der Waals surface area (Å²) in [6, 6.07) is 9.08. The Bertz CT molecular complexity index is 601. The van der Waals surface area contributed by atoms with Crippen LogP contribution in [0.2, 0.25) is 0 Å². The fraction of sp³-hybridized carbons (Fsp3) is 0.250. The number of aromatic nitrogens is 2. The van der Waals surface area contributed by atoms with Crippen LogP contribution in [0.5, 0.6) is 5.75 Å². The fourth-order valence-electron chi connectivity index (χ4n) is 1.35. The van der Waals surface area contributed by atoms with Gasteiger partial charge in [-0.15, -0.1) is 10.2 Å². The molecule has 0 aliphatic carbocycles. The lowest BCUT2D eigenvalue weighted by Crippen LogP contribution is -2.29. The molecule has 0 fully saturated rings. The maximum Gasteiger partial charge on any atom is 0.471 e. The van der Waals surface area contributed by atoms with Crippen LogP contribution in [0, 0.1) is 0 Å². The van der Waals surface area contributed by atoms with Gasteiger partial charge in [0.2, 0.25) is 5.13 Å². The maximum absolute atomic E-state index is 12.1. The molecular formula is C12H10F3N3O2S. The van der Waals surface area contributed by atoms with Crippen molar-refractivity contribution < 1.29 is 22.7 Å². The SMILES string of the molecule is O=C(Nc1nnc(CCOc2ccccc2)s1)C(F)(F)F. The van der Waals surface area contributed by atoms with E-state index in [-0.39, 0.29) is 5.13 Å². The molecule has 0 unspecified atom stereocenters. The van der Waals surface area contributed by atoms with Gasteiger partial charge < -0.3 is 4.74 Å². The van der Waals surface area contributed by atoms with Crippen molar-refractivity contribution in [3.05, 3.63) is 35.3 Å². The quantitative estimate of drug-likeness (QED) is 0.921. The van der Waals surface area contributed by atoms with Gasteiger partial charge in [0.25, 0.3) is 0 Å². The maximum atomic E-state index is 12.1. The highest BCUT2D eigenvalue weighted by Gasteiger charge is 2.39. The molecule has 0 spiro atoms. The zero-order valence-corrected chi connectivity index (χ0v) is 11.4. The molecule has 0 aliphatic heterocycles. The molecule has 0 radical (unpaired) electrons. The zero-order valence-electron chi connectivity index (χ0n) is 10.6. The monoisotopic (exact) mass is 317 g/mol. The molecule has 112 valence electrons. The van der Waals surface area contributed by atoms with Gasteiger partial charge in [-0.2, -0.15) is 13.2 Å². The van der Waals surface area contributed by atoms with E-state index >= 15 is 0 Å². The Balaban J connectivity index is 1.82. The van der Waals surface area contributed by atoms with Crippen LogP contribution in [-0.4, -0.2) is 28.9 Å². The van der Waals surface area contributed by atoms with Crippen molar-refractivity contribution in [1.82, 2.24) is 10.2 Å². The normalized spacial score (nSPS) is 11.2. The number of benzene rings is 1. The highest BCUT2D eigenvalue weighted by molar-refractivity contribution is 7.15. The molecule has 21 heavy (non-hydrogen) atoms. The largest absolute Gasteiger partial charge is 0.493 e. The third-order valence-electron chi connectivity index (χ3n) is 2.27. The van der Waals surface area contributed by atoms with Gasteiger partial charge in [-0.1, -0.05) is 29.5 Å². The highest BCUT2D eigenvalue weighted by atomic mass is 32.1. The number of hydrogen-bond acceptors (Lipinski definition) is 5. The molecule has 1 amide bonds. The molecule has 1 N–H and O–H groups in total. The number of para-hydroxylation sites is 1. The molecule has 5 nitrogen and oxygen atoms in total. The number of nitrogens with zero attached hydrogens (tertiary/aromatic N) is 2. The van der Waals surface area contributed by atoms with Crippen molar-refractivity contribution in [1.29, 1.82) is 0 Å². The first-order valence-electron chi connectivity index (χ1n) is 5.83. The van der Waals surface area contributed by atoms with Gasteiger partial charge in [-0.3, -0.25) is 10.1 Å². The first-order chi connectivity index (χ1) is 9.95. The van der Waals surface area contributed by atoms with Crippen molar-refractivity contribution in [2.75, 3.05) is 11.9 Å². The Morgan fingerprint density at radius 2 is 1.95 bits per heavy atom. The smallest absolute Gasteiger partial charge is 0.471 e. The number of nitrogens with one attached hydrogen (secondary N) is 1. The Morgan fingerprint density at radius 3 is 2.62 bits per heavy atom. The second kappa shape index (κ2) is 6.53. The van der Waals surface area contributed by atoms with Gasteiger partial charge in [-0.25, -0.2) is 0 Å². The van der Waals surface area contributed by atoms with Crippen LogP contribution in [0.15, 0.2) is 30.3 Å². The summed E-state index contributed by atoms with van der Waals surface area (Å²) < 4.78 is 41.6. The third kappa shape index (κ3) is 4.71. The van der Waals surface area contributed by atoms with Crippen LogP contribution in [0.1, 0.15) is 5.01 Å². The number of carbonyl (C=O) groups is 1. The number of halogens is 3. The molecule has 0 atom stereocenters. The Kier molecular flexibility index (Phi) is 4.73. The van der Waals surface area contributed by atoms with E-state index in [1.54, 1.807) is 17.4 Å². The summed E-state index contributed by atoms with van der Waals surface area (Å²) in [5.74, 6) is -1.38. The molecule has 0 aliphatic rings. The zero-order chi connectivity index (χ0) is 15.3. The van der Waals surface area contributed by atoms with E-state index in [4.69, 9.17) is 4.74 Å². The van der Waals surface area contributed by atoms with Crippen LogP contribution >= 0.6 is 11.3 Å². The highest BCUT2D eigenvalue weighted by Crippen LogP contribution is 2.21. The van der Waals surface area contributed by atoms with Crippen LogP contribution in [-0.2, 0) is 11.2 Å². The molecular weight excluding hydrogens is 307 g/mol. The van der Waals surface area contributed by atoms with Crippen LogP contribution in [0.4, 0.5) is 18.3 Å². The van der Waals surface area contributed by atoms with Crippen LogP contribution in [0.3, 0.4) is 0 Å². The van der Waals surface area contributed by atoms with E-state index in [9.17, 15) is 18.0 Å². The summed E-state index contributed by atoms with van der Waals surface area (Å²) in [6.45, 7) is 0.311. The van der Waals surface area contributed by atoms with E-state index in [2.05, 4.69) is 10.2 Å². The molecule has 1 aromatic heterocycles. The lowest BCUT2D eigenvalue weighted by molar-refractivity contribution is -0.167. The summed E-state index contributed by atoms with van der Waals surface area (Å²) in [5.41, 5.74) is 0. The summed E-state index contributed by atoms with van der Waals surface area (Å²) in [4.78, 5) is 10.7. The molecule has 0 bridgehead atoms. The minimum Gasteiger partial charge on any atom is -0.493 e. The summed E-state index contributed by atoms with van der Waals surface area (Å²) in [5, 5.41) is 9.10. The van der Waals surface area contributed by atoms with E-state index in [1.807, 2.05) is 18.2 Å². The lowest BCUT2D eigenvalue weighted by atomic mass is 10.3. The number of amides is 1. The van der Waals surface area contributed by atoms with E-state index in [1.165, 1.54) is 0 Å². The van der Waals surface area contributed by atoms with Crippen molar-refractivity contribution in [2.24, 2.45) is 0 Å². The minimum atomic E-state index is -4.94. The van der Waals surface area contributed by atoms with Crippen LogP contribution in [0.25, 0.3) is 0 Å². The number of ether oxygens (including phenoxy) is 1. The Hall–Kier alpha value is -2.16. The molecule has 1 heterocycles. The minimum absolute atomic E-state index is 0.188. The fourth-order valence-corrected chi connectivity index (χ4v) is 2.06. The summed E-state index contributed by atoms with van der Waals surface area (Å²) >= 11 is 0.878. The number of alkyl halides is 3. The average molecular weight is 317 g/mol. The van der Waals surface area contributed by atoms with Gasteiger partial charge in [0.05, 0.1) is 6.61 Å². The van der Waals surface area contributed by atoms with Gasteiger partial charge >= 0.3 is 12.1 Å².